The van der Waals surface area contributed by atoms with Gasteiger partial charge in [-0.05, 0) is 32.7 Å². The number of ether oxygens (including phenoxy) is 1. The molecule has 0 unspecified atom stereocenters. The van der Waals surface area contributed by atoms with Crippen molar-refractivity contribution in [1.82, 2.24) is 25.1 Å². The van der Waals surface area contributed by atoms with Gasteiger partial charge in [0.25, 0.3) is 0 Å². The molecule has 1 aromatic heterocycles. The number of carbonyl (C=O) groups excluding carboxylic acids is 2. The van der Waals surface area contributed by atoms with Gasteiger partial charge < -0.3 is 29.9 Å². The van der Waals surface area contributed by atoms with Gasteiger partial charge in [-0.3, -0.25) is 9.59 Å². The molecule has 2 saturated heterocycles. The molecule has 9 nitrogen and oxygen atoms in total. The maximum Gasteiger partial charge on any atom is 0.239 e. The fourth-order valence-electron chi connectivity index (χ4n) is 4.37. The number of carbonyl (C=O) groups is 2. The molecule has 2 aliphatic heterocycles. The quantitative estimate of drug-likeness (QED) is 0.583. The molecule has 1 spiro atoms. The van der Waals surface area contributed by atoms with Gasteiger partial charge in [0.1, 0.15) is 6.10 Å². The van der Waals surface area contributed by atoms with Crippen LogP contribution in [-0.4, -0.2) is 81.4 Å². The van der Waals surface area contributed by atoms with Gasteiger partial charge in [0, 0.05) is 45.4 Å². The Morgan fingerprint density at radius 1 is 1.31 bits per heavy atom. The summed E-state index contributed by atoms with van der Waals surface area (Å²) >= 11 is 0. The molecule has 0 saturated carbocycles. The molecule has 2 amide bonds. The minimum Gasteiger partial charge on any atom is -0.388 e. The van der Waals surface area contributed by atoms with E-state index in [0.717, 1.165) is 45.4 Å². The number of aliphatic hydroxyl groups excluding tert-OH is 1. The van der Waals surface area contributed by atoms with Crippen LogP contribution >= 0.6 is 0 Å². The van der Waals surface area contributed by atoms with E-state index in [1.807, 2.05) is 19.4 Å². The highest BCUT2D eigenvalue weighted by atomic mass is 16.5. The van der Waals surface area contributed by atoms with Crippen LogP contribution in [0.5, 0.6) is 0 Å². The lowest BCUT2D eigenvalue weighted by atomic mass is 9.74. The summed E-state index contributed by atoms with van der Waals surface area (Å²) < 4.78 is 8.18. The van der Waals surface area contributed by atoms with Crippen LogP contribution in [0.1, 0.15) is 39.5 Å². The largest absolute Gasteiger partial charge is 0.388 e. The van der Waals surface area contributed by atoms with Gasteiger partial charge in [0.05, 0.1) is 30.6 Å². The molecule has 0 radical (unpaired) electrons. The van der Waals surface area contributed by atoms with Gasteiger partial charge in [-0.1, -0.05) is 0 Å². The Bertz CT molecular complexity index is 687. The van der Waals surface area contributed by atoms with Crippen LogP contribution in [0.3, 0.4) is 0 Å². The molecule has 2 fully saturated rings. The molecular weight excluding hydrogens is 374 g/mol. The summed E-state index contributed by atoms with van der Waals surface area (Å²) in [6.45, 7) is 7.23. The Morgan fingerprint density at radius 3 is 2.72 bits per heavy atom. The fraction of sp³-hybridized carbons (Fsp3) is 0.750. The van der Waals surface area contributed by atoms with Crippen molar-refractivity contribution in [2.24, 2.45) is 0 Å². The number of hydrogen-bond acceptors (Lipinski definition) is 6. The highest BCUT2D eigenvalue weighted by Gasteiger charge is 2.50. The van der Waals surface area contributed by atoms with E-state index in [2.05, 4.69) is 25.1 Å². The standard InChI is InChI=1S/C20H33N5O4/c1-16(26)22-12-18(28)23-19(2)14-20(29-13-17(19)27)4-9-24(10-5-20)7-3-8-25-11-6-21-15-25/h6,11,15,17,27H,3-5,7-10,12-14H2,1-2H3,(H,22,26)(H,23,28)/t17-,19-/m1/s1. The highest BCUT2D eigenvalue weighted by molar-refractivity contribution is 5.84. The van der Waals surface area contributed by atoms with Crippen LogP contribution in [-0.2, 0) is 20.9 Å². The average Bonchev–Trinajstić information content (AvgIpc) is 3.19. The molecule has 2 aliphatic rings. The predicted octanol–water partition coefficient (Wildman–Crippen LogP) is -0.1000. The molecule has 0 aliphatic carbocycles. The molecule has 0 aromatic carbocycles. The van der Waals surface area contributed by atoms with Gasteiger partial charge in [0.2, 0.25) is 11.8 Å². The van der Waals surface area contributed by atoms with E-state index in [0.29, 0.717) is 6.42 Å². The van der Waals surface area contributed by atoms with Crippen LogP contribution in [0.15, 0.2) is 18.7 Å². The number of amides is 2. The number of aliphatic hydroxyl groups is 1. The van der Waals surface area contributed by atoms with Crippen molar-refractivity contribution in [3.8, 4) is 0 Å². The zero-order valence-electron chi connectivity index (χ0n) is 17.4. The molecule has 3 N–H and O–H groups in total. The predicted molar refractivity (Wildman–Crippen MR) is 107 cm³/mol. The molecule has 3 rings (SSSR count). The third kappa shape index (κ3) is 5.77. The Hall–Kier alpha value is -1.97. The van der Waals surface area contributed by atoms with E-state index < -0.39 is 11.6 Å². The van der Waals surface area contributed by atoms with Crippen LogP contribution in [0, 0.1) is 0 Å². The van der Waals surface area contributed by atoms with Crippen molar-refractivity contribution < 1.29 is 19.4 Å². The maximum absolute atomic E-state index is 12.2. The third-order valence-electron chi connectivity index (χ3n) is 6.11. The van der Waals surface area contributed by atoms with Crippen molar-refractivity contribution in [2.75, 3.05) is 32.8 Å². The Balaban J connectivity index is 1.49. The lowest BCUT2D eigenvalue weighted by Crippen LogP contribution is -2.66. The summed E-state index contributed by atoms with van der Waals surface area (Å²) in [5.41, 5.74) is -1.09. The lowest BCUT2D eigenvalue weighted by Gasteiger charge is -2.52. The second-order valence-corrected chi connectivity index (χ2v) is 8.56. The zero-order chi connectivity index (χ0) is 20.9. The summed E-state index contributed by atoms with van der Waals surface area (Å²) in [6.07, 6.45) is 8.23. The van der Waals surface area contributed by atoms with E-state index in [-0.39, 0.29) is 30.6 Å². The SMILES string of the molecule is CC(=O)NCC(=O)N[C@]1(C)CC2(CCN(CCCn3ccnc3)CC2)OC[C@H]1O. The number of likely N-dealkylation sites (tertiary alicyclic amines) is 1. The molecule has 2 atom stereocenters. The summed E-state index contributed by atoms with van der Waals surface area (Å²) in [5, 5.41) is 15.9. The summed E-state index contributed by atoms with van der Waals surface area (Å²) in [5.74, 6) is -0.551. The number of hydrogen-bond donors (Lipinski definition) is 3. The molecule has 3 heterocycles. The summed E-state index contributed by atoms with van der Waals surface area (Å²) in [4.78, 5) is 29.8. The topological polar surface area (TPSA) is 109 Å². The third-order valence-corrected chi connectivity index (χ3v) is 6.11. The van der Waals surface area contributed by atoms with Gasteiger partial charge in [0.15, 0.2) is 0 Å². The van der Waals surface area contributed by atoms with E-state index in [1.165, 1.54) is 6.92 Å². The molecule has 1 aromatic rings. The number of nitrogens with one attached hydrogen (secondary N) is 2. The van der Waals surface area contributed by atoms with E-state index >= 15 is 0 Å². The Labute approximate surface area is 171 Å². The first kappa shape index (κ1) is 21.7. The van der Waals surface area contributed by atoms with Gasteiger partial charge in [-0.25, -0.2) is 4.98 Å². The second-order valence-electron chi connectivity index (χ2n) is 8.56. The number of rotatable bonds is 7. The molecular formula is C20H33N5O4. The van der Waals surface area contributed by atoms with Crippen molar-refractivity contribution in [1.29, 1.82) is 0 Å². The first-order valence-corrected chi connectivity index (χ1v) is 10.4. The fourth-order valence-corrected chi connectivity index (χ4v) is 4.37. The molecule has 0 bridgehead atoms. The number of aryl methyl sites for hydroxylation is 1. The van der Waals surface area contributed by atoms with Crippen molar-refractivity contribution >= 4 is 11.8 Å². The molecule has 9 heteroatoms. The smallest absolute Gasteiger partial charge is 0.239 e. The minimum atomic E-state index is -0.775. The molecule has 162 valence electrons. The first-order valence-electron chi connectivity index (χ1n) is 10.4. The van der Waals surface area contributed by atoms with E-state index in [9.17, 15) is 14.7 Å². The number of aromatic nitrogens is 2. The normalized spacial score (nSPS) is 26.9. The van der Waals surface area contributed by atoms with E-state index in [4.69, 9.17) is 4.74 Å². The Kier molecular flexibility index (Phi) is 6.92. The van der Waals surface area contributed by atoms with Crippen molar-refractivity contribution in [2.45, 2.75) is 63.3 Å². The van der Waals surface area contributed by atoms with Gasteiger partial charge >= 0.3 is 0 Å². The van der Waals surface area contributed by atoms with Crippen LogP contribution in [0.4, 0.5) is 0 Å². The number of imidazole rings is 1. The summed E-state index contributed by atoms with van der Waals surface area (Å²) in [7, 11) is 0. The minimum absolute atomic E-state index is 0.0871. The first-order chi connectivity index (χ1) is 13.8. The Morgan fingerprint density at radius 2 is 2.07 bits per heavy atom. The maximum atomic E-state index is 12.2. The zero-order valence-corrected chi connectivity index (χ0v) is 17.4. The second kappa shape index (κ2) is 9.23. The summed E-state index contributed by atoms with van der Waals surface area (Å²) in [6, 6.07) is 0. The monoisotopic (exact) mass is 407 g/mol. The van der Waals surface area contributed by atoms with Crippen molar-refractivity contribution in [3.63, 3.8) is 0 Å². The van der Waals surface area contributed by atoms with Crippen LogP contribution in [0.2, 0.25) is 0 Å². The van der Waals surface area contributed by atoms with Crippen LogP contribution in [0.25, 0.3) is 0 Å². The number of piperidine rings is 1. The average molecular weight is 408 g/mol. The lowest BCUT2D eigenvalue weighted by molar-refractivity contribution is -0.181. The van der Waals surface area contributed by atoms with Crippen LogP contribution < -0.4 is 10.6 Å². The molecule has 29 heavy (non-hydrogen) atoms. The number of nitrogens with zero attached hydrogens (tertiary/aromatic N) is 3. The highest BCUT2D eigenvalue weighted by Crippen LogP contribution is 2.39. The van der Waals surface area contributed by atoms with E-state index in [1.54, 1.807) is 6.20 Å². The van der Waals surface area contributed by atoms with Gasteiger partial charge in [-0.2, -0.15) is 0 Å². The van der Waals surface area contributed by atoms with Gasteiger partial charge in [-0.15, -0.1) is 0 Å². The van der Waals surface area contributed by atoms with Crippen molar-refractivity contribution in [3.05, 3.63) is 18.7 Å².